The van der Waals surface area contributed by atoms with Crippen molar-refractivity contribution in [3.63, 3.8) is 0 Å². The molecule has 0 aromatic carbocycles. The Kier molecular flexibility index (Phi) is 7.71. The van der Waals surface area contributed by atoms with Crippen molar-refractivity contribution >= 4 is 33.3 Å². The van der Waals surface area contributed by atoms with E-state index in [2.05, 4.69) is 4.98 Å². The van der Waals surface area contributed by atoms with Crippen LogP contribution < -0.4 is 4.74 Å². The summed E-state index contributed by atoms with van der Waals surface area (Å²) in [6.45, 7) is 5.77. The van der Waals surface area contributed by atoms with Gasteiger partial charge in [0.15, 0.2) is 0 Å². The second-order valence-electron chi connectivity index (χ2n) is 7.96. The summed E-state index contributed by atoms with van der Waals surface area (Å²) in [6, 6.07) is 4.57. The maximum Gasteiger partial charge on any atom is 0.259 e. The maximum absolute atomic E-state index is 13.3. The zero-order valence-corrected chi connectivity index (χ0v) is 20.3. The van der Waals surface area contributed by atoms with Crippen molar-refractivity contribution < 1.29 is 23.1 Å². The SMILES string of the molecule is C/C=C/c1cnc2c(c1)C(=O)N([C@@H](C)CO)C[C@H](C)[C@@H](CN(C)S(=O)(=O)c1cccs1)O2. The van der Waals surface area contributed by atoms with Gasteiger partial charge in [0.2, 0.25) is 5.88 Å². The number of amides is 1. The molecule has 0 spiro atoms. The maximum atomic E-state index is 13.3. The lowest BCUT2D eigenvalue weighted by atomic mass is 10.00. The molecule has 3 rings (SSSR count). The molecule has 0 aliphatic carbocycles. The fourth-order valence-corrected chi connectivity index (χ4v) is 5.92. The van der Waals surface area contributed by atoms with Gasteiger partial charge < -0.3 is 14.7 Å². The molecular weight excluding hydrogens is 450 g/mol. The highest BCUT2D eigenvalue weighted by molar-refractivity contribution is 7.91. The van der Waals surface area contributed by atoms with E-state index in [0.29, 0.717) is 12.1 Å². The summed E-state index contributed by atoms with van der Waals surface area (Å²) < 4.78 is 33.5. The molecule has 3 atom stereocenters. The van der Waals surface area contributed by atoms with Gasteiger partial charge in [0.25, 0.3) is 15.9 Å². The first-order chi connectivity index (χ1) is 15.2. The smallest absolute Gasteiger partial charge is 0.259 e. The van der Waals surface area contributed by atoms with Gasteiger partial charge in [-0.05, 0) is 36.9 Å². The van der Waals surface area contributed by atoms with Crippen LogP contribution in [0.15, 0.2) is 40.1 Å². The van der Waals surface area contributed by atoms with E-state index in [9.17, 15) is 18.3 Å². The summed E-state index contributed by atoms with van der Waals surface area (Å²) in [5.41, 5.74) is 1.05. The highest BCUT2D eigenvalue weighted by atomic mass is 32.2. The standard InChI is InChI=1S/C22H29N3O5S2/c1-5-7-17-10-18-21(23-11-17)30-19(15(2)12-25(22(18)27)16(3)14-26)13-24(4)32(28,29)20-8-6-9-31-20/h5-11,15-16,19,26H,12-14H2,1-4H3/b7-5+/t15-,16-,19+/m0/s1. The lowest BCUT2D eigenvalue weighted by molar-refractivity contribution is 0.0373. The third-order valence-electron chi connectivity index (χ3n) is 5.50. The molecule has 8 nitrogen and oxygen atoms in total. The monoisotopic (exact) mass is 479 g/mol. The Morgan fingerprint density at radius 2 is 2.22 bits per heavy atom. The zero-order chi connectivity index (χ0) is 23.5. The number of allylic oxidation sites excluding steroid dienone is 1. The summed E-state index contributed by atoms with van der Waals surface area (Å²) in [5.74, 6) is -0.318. The first-order valence-electron chi connectivity index (χ1n) is 10.4. The number of fused-ring (bicyclic) bond motifs is 1. The van der Waals surface area contributed by atoms with Crippen LogP contribution in [0.5, 0.6) is 5.88 Å². The van der Waals surface area contributed by atoms with Crippen LogP contribution in [0.1, 0.15) is 36.7 Å². The minimum absolute atomic E-state index is 0.0919. The van der Waals surface area contributed by atoms with Crippen LogP contribution in [0.3, 0.4) is 0 Å². The third kappa shape index (κ3) is 5.03. The van der Waals surface area contributed by atoms with Gasteiger partial charge in [-0.1, -0.05) is 25.1 Å². The van der Waals surface area contributed by atoms with E-state index in [1.807, 2.05) is 26.0 Å². The molecule has 0 radical (unpaired) electrons. The van der Waals surface area contributed by atoms with Gasteiger partial charge in [0.05, 0.1) is 19.2 Å². The number of hydrogen-bond acceptors (Lipinski definition) is 7. The van der Waals surface area contributed by atoms with Crippen LogP contribution >= 0.6 is 11.3 Å². The van der Waals surface area contributed by atoms with E-state index in [1.54, 1.807) is 41.6 Å². The van der Waals surface area contributed by atoms with Gasteiger partial charge in [0, 0.05) is 25.7 Å². The normalized spacial score (nSPS) is 20.7. The number of likely N-dealkylation sites (N-methyl/N-ethyl adjacent to an activating group) is 1. The van der Waals surface area contributed by atoms with E-state index >= 15 is 0 Å². The van der Waals surface area contributed by atoms with Crippen LogP contribution in [-0.4, -0.2) is 72.5 Å². The van der Waals surface area contributed by atoms with Gasteiger partial charge in [-0.15, -0.1) is 11.3 Å². The number of carbonyl (C=O) groups is 1. The number of thiophene rings is 1. The van der Waals surface area contributed by atoms with Gasteiger partial charge in [-0.3, -0.25) is 4.79 Å². The minimum Gasteiger partial charge on any atom is -0.472 e. The quantitative estimate of drug-likeness (QED) is 0.656. The first-order valence-corrected chi connectivity index (χ1v) is 12.7. The number of nitrogens with zero attached hydrogens (tertiary/aromatic N) is 3. The minimum atomic E-state index is -3.65. The van der Waals surface area contributed by atoms with Crippen LogP contribution in [-0.2, 0) is 10.0 Å². The van der Waals surface area contributed by atoms with Crippen LogP contribution in [0.4, 0.5) is 0 Å². The average Bonchev–Trinajstić information content (AvgIpc) is 3.32. The van der Waals surface area contributed by atoms with Crippen molar-refractivity contribution in [2.45, 2.75) is 37.1 Å². The third-order valence-corrected chi connectivity index (χ3v) is 8.69. The molecule has 174 valence electrons. The van der Waals surface area contributed by atoms with E-state index in [4.69, 9.17) is 4.74 Å². The molecular formula is C22H29N3O5S2. The Morgan fingerprint density at radius 1 is 1.47 bits per heavy atom. The summed E-state index contributed by atoms with van der Waals surface area (Å²) >= 11 is 1.16. The molecule has 10 heteroatoms. The number of aromatic nitrogens is 1. The van der Waals surface area contributed by atoms with Crippen LogP contribution in [0, 0.1) is 5.92 Å². The lowest BCUT2D eigenvalue weighted by Crippen LogP contribution is -2.50. The Labute approximate surface area is 193 Å². The highest BCUT2D eigenvalue weighted by Crippen LogP contribution is 2.29. The van der Waals surface area contributed by atoms with Crippen molar-refractivity contribution in [3.8, 4) is 5.88 Å². The molecule has 0 fully saturated rings. The van der Waals surface area contributed by atoms with Crippen molar-refractivity contribution in [2.24, 2.45) is 5.92 Å². The molecule has 1 amide bonds. The van der Waals surface area contributed by atoms with Crippen molar-refractivity contribution in [3.05, 3.63) is 47.0 Å². The summed E-state index contributed by atoms with van der Waals surface area (Å²) in [5, 5.41) is 11.4. The second-order valence-corrected chi connectivity index (χ2v) is 11.2. The predicted molar refractivity (Wildman–Crippen MR) is 124 cm³/mol. The first kappa shape index (κ1) is 24.4. The largest absolute Gasteiger partial charge is 0.472 e. The fraction of sp³-hybridized carbons (Fsp3) is 0.455. The number of pyridine rings is 1. The number of carbonyl (C=O) groups excluding carboxylic acids is 1. The Bertz CT molecular complexity index is 1070. The Hall–Kier alpha value is -2.27. The van der Waals surface area contributed by atoms with Gasteiger partial charge >= 0.3 is 0 Å². The number of hydrogen-bond donors (Lipinski definition) is 1. The summed E-state index contributed by atoms with van der Waals surface area (Å²) in [7, 11) is -2.13. The topological polar surface area (TPSA) is 100 Å². The molecule has 1 aliphatic rings. The number of ether oxygens (including phenoxy) is 1. The van der Waals surface area contributed by atoms with Crippen LogP contribution in [0.25, 0.3) is 6.08 Å². The van der Waals surface area contributed by atoms with Gasteiger partial charge in [0.1, 0.15) is 15.9 Å². The second kappa shape index (κ2) is 10.1. The molecule has 0 unspecified atom stereocenters. The summed E-state index contributed by atoms with van der Waals surface area (Å²) in [6.07, 6.45) is 4.75. The summed E-state index contributed by atoms with van der Waals surface area (Å²) in [4.78, 5) is 19.3. The van der Waals surface area contributed by atoms with Crippen LogP contribution in [0.2, 0.25) is 0 Å². The zero-order valence-electron chi connectivity index (χ0n) is 18.6. The van der Waals surface area contributed by atoms with Crippen molar-refractivity contribution in [1.82, 2.24) is 14.2 Å². The van der Waals surface area contributed by atoms with Crippen molar-refractivity contribution in [1.29, 1.82) is 0 Å². The molecule has 2 aromatic heterocycles. The van der Waals surface area contributed by atoms with Crippen molar-refractivity contribution in [2.75, 3.05) is 26.7 Å². The van der Waals surface area contributed by atoms with E-state index in [0.717, 1.165) is 16.9 Å². The fourth-order valence-electron chi connectivity index (χ4n) is 3.54. The number of aliphatic hydroxyl groups is 1. The Balaban J connectivity index is 1.98. The highest BCUT2D eigenvalue weighted by Gasteiger charge is 2.36. The molecule has 32 heavy (non-hydrogen) atoms. The number of rotatable bonds is 7. The lowest BCUT2D eigenvalue weighted by Gasteiger charge is -2.37. The average molecular weight is 480 g/mol. The molecule has 3 heterocycles. The molecule has 0 saturated carbocycles. The van der Waals surface area contributed by atoms with E-state index in [1.165, 1.54) is 11.4 Å². The van der Waals surface area contributed by atoms with E-state index < -0.39 is 22.2 Å². The number of sulfonamides is 1. The molecule has 0 bridgehead atoms. The molecule has 0 saturated heterocycles. The predicted octanol–water partition coefficient (Wildman–Crippen LogP) is 2.72. The van der Waals surface area contributed by atoms with Gasteiger partial charge in [-0.2, -0.15) is 4.31 Å². The Morgan fingerprint density at radius 3 is 2.84 bits per heavy atom. The number of aliphatic hydroxyl groups excluding tert-OH is 1. The van der Waals surface area contributed by atoms with E-state index in [-0.39, 0.29) is 35.1 Å². The van der Waals surface area contributed by atoms with Gasteiger partial charge in [-0.25, -0.2) is 13.4 Å². The molecule has 1 N–H and O–H groups in total. The molecule has 2 aromatic rings. The molecule has 1 aliphatic heterocycles.